The topological polar surface area (TPSA) is 173 Å². The quantitative estimate of drug-likeness (QED) is 0.0344. The molecule has 0 heterocycles. The second-order valence-electron chi connectivity index (χ2n) is 14.4. The number of aliphatic hydroxyl groups excluding tert-OH is 2. The maximum Gasteiger partial charge on any atom is 0.303 e. The van der Waals surface area contributed by atoms with Crippen LogP contribution in [0.5, 0.6) is 0 Å². The lowest BCUT2D eigenvalue weighted by molar-refractivity contribution is -0.138. The summed E-state index contributed by atoms with van der Waals surface area (Å²) in [6, 6.07) is 0.349. The number of hydrogen-bond donors (Lipinski definition) is 6. The number of aliphatic hydroxyl groups is 2. The summed E-state index contributed by atoms with van der Waals surface area (Å²) >= 11 is 0. The average Bonchev–Trinajstić information content (AvgIpc) is 3.07. The Hall–Kier alpha value is -2.20. The van der Waals surface area contributed by atoms with Crippen LogP contribution in [0, 0.1) is 0 Å². The lowest BCUT2D eigenvalue weighted by Gasteiger charge is -2.19. The number of rotatable bonds is 39. The van der Waals surface area contributed by atoms with Gasteiger partial charge in [0.25, 0.3) is 0 Å². The van der Waals surface area contributed by atoms with E-state index in [4.69, 9.17) is 20.4 Å². The first kappa shape index (κ1) is 47.8. The van der Waals surface area contributed by atoms with Crippen molar-refractivity contribution in [2.24, 2.45) is 0 Å². The third-order valence-corrected chi connectivity index (χ3v) is 9.60. The zero-order valence-electron chi connectivity index (χ0n) is 31.6. The van der Waals surface area contributed by atoms with Gasteiger partial charge in [-0.1, -0.05) is 116 Å². The molecule has 50 heavy (non-hydrogen) atoms. The maximum absolute atomic E-state index is 12.8. The normalized spacial score (nSPS) is 12.4. The van der Waals surface area contributed by atoms with Gasteiger partial charge in [0.05, 0.1) is 0 Å². The second kappa shape index (κ2) is 36.6. The van der Waals surface area contributed by atoms with Crippen molar-refractivity contribution in [3.8, 4) is 0 Å². The molecule has 0 bridgehead atoms. The number of carboxylic acid groups (broad SMARTS) is 2. The Morgan fingerprint density at radius 1 is 0.340 bits per heavy atom. The molecule has 0 spiro atoms. The van der Waals surface area contributed by atoms with E-state index in [1.54, 1.807) is 0 Å². The summed E-state index contributed by atoms with van der Waals surface area (Å²) in [6.45, 7) is 0.487. The van der Waals surface area contributed by atoms with Crippen LogP contribution in [-0.2, 0) is 19.2 Å². The van der Waals surface area contributed by atoms with Crippen molar-refractivity contribution < 1.29 is 39.6 Å². The molecule has 0 aliphatic rings. The van der Waals surface area contributed by atoms with Crippen LogP contribution in [0.15, 0.2) is 0 Å². The fourth-order valence-corrected chi connectivity index (χ4v) is 6.56. The van der Waals surface area contributed by atoms with E-state index in [1.165, 1.54) is 0 Å². The number of nitrogens with one attached hydrogen (secondary N) is 2. The summed E-state index contributed by atoms with van der Waals surface area (Å²) in [4.78, 5) is 47.0. The van der Waals surface area contributed by atoms with Gasteiger partial charge in [-0.2, -0.15) is 0 Å². The first-order chi connectivity index (χ1) is 24.3. The third-order valence-electron chi connectivity index (χ3n) is 9.60. The molecule has 0 aromatic rings. The molecule has 2 amide bonds. The summed E-state index contributed by atoms with van der Waals surface area (Å²) in [5.41, 5.74) is 0. The van der Waals surface area contributed by atoms with Crippen molar-refractivity contribution in [2.45, 2.75) is 218 Å². The number of aliphatic carboxylic acids is 2. The number of unbranched alkanes of at least 4 members (excludes halogenated alkanes) is 19. The molecule has 10 heteroatoms. The summed E-state index contributed by atoms with van der Waals surface area (Å²) in [5, 5.41) is 42.1. The Morgan fingerprint density at radius 2 is 0.580 bits per heavy atom. The van der Waals surface area contributed by atoms with Gasteiger partial charge >= 0.3 is 11.9 Å². The van der Waals surface area contributed by atoms with Crippen LogP contribution in [0.3, 0.4) is 0 Å². The summed E-state index contributed by atoms with van der Waals surface area (Å²) in [7, 11) is 0. The number of carboxylic acids is 2. The lowest BCUT2D eigenvalue weighted by atomic mass is 9.99. The van der Waals surface area contributed by atoms with Crippen LogP contribution in [-0.4, -0.2) is 69.5 Å². The van der Waals surface area contributed by atoms with E-state index < -0.39 is 11.9 Å². The smallest absolute Gasteiger partial charge is 0.303 e. The Morgan fingerprint density at radius 3 is 0.860 bits per heavy atom. The largest absolute Gasteiger partial charge is 0.481 e. The predicted molar refractivity (Wildman–Crippen MR) is 201 cm³/mol. The van der Waals surface area contributed by atoms with Gasteiger partial charge in [0, 0.05) is 51.0 Å². The number of hydrogen-bond acceptors (Lipinski definition) is 6. The maximum atomic E-state index is 12.8. The average molecular weight is 713 g/mol. The number of carbonyl (C=O) groups excluding carboxylic acids is 2. The molecule has 0 aromatic heterocycles. The van der Waals surface area contributed by atoms with Crippen molar-refractivity contribution in [1.29, 1.82) is 0 Å². The summed E-state index contributed by atoms with van der Waals surface area (Å²) < 4.78 is 0. The molecule has 0 rings (SSSR count). The summed E-state index contributed by atoms with van der Waals surface area (Å²) in [5.74, 6) is -1.26. The van der Waals surface area contributed by atoms with Crippen molar-refractivity contribution in [3.63, 3.8) is 0 Å². The first-order valence-corrected chi connectivity index (χ1v) is 20.5. The fraction of sp³-hybridized carbons (Fsp3) is 0.900. The van der Waals surface area contributed by atoms with E-state index in [-0.39, 0.29) is 50.0 Å². The Kier molecular flexibility index (Phi) is 35.0. The van der Waals surface area contributed by atoms with Crippen LogP contribution in [0.4, 0.5) is 0 Å². The molecule has 0 aromatic carbocycles. The SMILES string of the molecule is O=C(O)CCCCCCCC(CCCCCCCO)NC(=O)CCCCCCC(=O)NC(CCCCCCCO)CCCCCCCC(=O)O. The number of carbonyl (C=O) groups is 4. The van der Waals surface area contributed by atoms with Gasteiger partial charge in [-0.25, -0.2) is 0 Å². The molecular formula is C40H76N2O8. The third kappa shape index (κ3) is 35.6. The van der Waals surface area contributed by atoms with Crippen LogP contribution < -0.4 is 10.6 Å². The summed E-state index contributed by atoms with van der Waals surface area (Å²) in [6.07, 6.45) is 28.7. The van der Waals surface area contributed by atoms with E-state index in [2.05, 4.69) is 10.6 Å². The molecule has 0 aliphatic heterocycles. The fourth-order valence-electron chi connectivity index (χ4n) is 6.56. The van der Waals surface area contributed by atoms with E-state index in [0.29, 0.717) is 12.8 Å². The highest BCUT2D eigenvalue weighted by molar-refractivity contribution is 5.76. The zero-order valence-corrected chi connectivity index (χ0v) is 31.6. The van der Waals surface area contributed by atoms with Gasteiger partial charge in [-0.05, 0) is 64.2 Å². The van der Waals surface area contributed by atoms with Gasteiger partial charge in [-0.15, -0.1) is 0 Å². The van der Waals surface area contributed by atoms with E-state index in [0.717, 1.165) is 180 Å². The van der Waals surface area contributed by atoms with Gasteiger partial charge in [0.15, 0.2) is 0 Å². The minimum absolute atomic E-state index is 0.107. The van der Waals surface area contributed by atoms with E-state index in [1.807, 2.05) is 0 Å². The Labute approximate surface area is 304 Å². The molecule has 0 saturated carbocycles. The number of amides is 2. The van der Waals surface area contributed by atoms with Gasteiger partial charge < -0.3 is 31.1 Å². The molecular weight excluding hydrogens is 636 g/mol. The molecule has 2 unspecified atom stereocenters. The van der Waals surface area contributed by atoms with E-state index in [9.17, 15) is 19.2 Å². The molecule has 0 radical (unpaired) electrons. The highest BCUT2D eigenvalue weighted by Gasteiger charge is 2.14. The minimum atomic E-state index is -0.735. The van der Waals surface area contributed by atoms with Gasteiger partial charge in [-0.3, -0.25) is 19.2 Å². The molecule has 2 atom stereocenters. The molecule has 10 nitrogen and oxygen atoms in total. The van der Waals surface area contributed by atoms with Crippen molar-refractivity contribution in [3.05, 3.63) is 0 Å². The van der Waals surface area contributed by atoms with E-state index >= 15 is 0 Å². The van der Waals surface area contributed by atoms with Crippen LogP contribution in [0.1, 0.15) is 205 Å². The van der Waals surface area contributed by atoms with Crippen molar-refractivity contribution >= 4 is 23.8 Å². The molecule has 0 aliphatic carbocycles. The van der Waals surface area contributed by atoms with Crippen molar-refractivity contribution in [1.82, 2.24) is 10.6 Å². The molecule has 294 valence electrons. The molecule has 0 fully saturated rings. The van der Waals surface area contributed by atoms with Crippen LogP contribution in [0.25, 0.3) is 0 Å². The second-order valence-corrected chi connectivity index (χ2v) is 14.4. The molecule has 0 saturated heterocycles. The standard InChI is InChI=1S/C40H76N2O8/c43-33-23-13-3-7-17-27-35(25-15-5-1-9-21-31-39(47)48)41-37(45)29-19-11-12-20-30-38(46)42-36(28-18-8-4-14-24-34-44)26-16-6-2-10-22-32-40(49)50/h35-36,43-44H,1-34H2,(H,41,45)(H,42,46)(H,47,48)(H,49,50). The Balaban J connectivity index is 4.40. The lowest BCUT2D eigenvalue weighted by Crippen LogP contribution is -2.35. The zero-order chi connectivity index (χ0) is 36.9. The van der Waals surface area contributed by atoms with Gasteiger partial charge in [0.1, 0.15) is 0 Å². The Bertz CT molecular complexity index is 759. The minimum Gasteiger partial charge on any atom is -0.481 e. The highest BCUT2D eigenvalue weighted by Crippen LogP contribution is 2.17. The van der Waals surface area contributed by atoms with Crippen LogP contribution >= 0.6 is 0 Å². The van der Waals surface area contributed by atoms with Gasteiger partial charge in [0.2, 0.25) is 11.8 Å². The van der Waals surface area contributed by atoms with Crippen molar-refractivity contribution in [2.75, 3.05) is 13.2 Å². The molecule has 6 N–H and O–H groups in total. The highest BCUT2D eigenvalue weighted by atomic mass is 16.4. The predicted octanol–water partition coefficient (Wildman–Crippen LogP) is 8.59. The monoisotopic (exact) mass is 713 g/mol. The van der Waals surface area contributed by atoms with Crippen LogP contribution in [0.2, 0.25) is 0 Å². The first-order valence-electron chi connectivity index (χ1n) is 20.5.